The van der Waals surface area contributed by atoms with Crippen LogP contribution < -0.4 is 32.1 Å². The molecular formula is C19H20N4O10. The highest BCUT2D eigenvalue weighted by Gasteiger charge is 2.17. The quantitative estimate of drug-likeness (QED) is 0.164. The number of hydrogen-bond acceptors (Lipinski definition) is 10. The maximum Gasteiger partial charge on any atom is 0.291 e. The van der Waals surface area contributed by atoms with Crippen LogP contribution in [-0.4, -0.2) is 60.0 Å². The van der Waals surface area contributed by atoms with Gasteiger partial charge in [0.05, 0.1) is 12.5 Å². The number of carbonyl (C=O) groups excluding carboxylic acids is 4. The molecule has 2 heterocycles. The zero-order valence-corrected chi connectivity index (χ0v) is 17.0. The van der Waals surface area contributed by atoms with E-state index < -0.39 is 63.9 Å². The van der Waals surface area contributed by atoms with Crippen LogP contribution in [-0.2, 0) is 9.59 Å². The molecule has 4 amide bonds. The van der Waals surface area contributed by atoms with Crippen molar-refractivity contribution in [3.63, 3.8) is 0 Å². The molecule has 0 aliphatic carbocycles. The van der Waals surface area contributed by atoms with Crippen molar-refractivity contribution < 1.29 is 38.2 Å². The van der Waals surface area contributed by atoms with Gasteiger partial charge >= 0.3 is 0 Å². The van der Waals surface area contributed by atoms with Crippen molar-refractivity contribution in [1.82, 2.24) is 21.3 Å². The molecule has 0 aliphatic heterocycles. The first-order chi connectivity index (χ1) is 15.7. The molecule has 0 saturated carbocycles. The molecule has 0 bridgehead atoms. The Hall–Kier alpha value is -4.62. The third kappa shape index (κ3) is 7.23. The number of hydrogen-bond donors (Lipinski definition) is 6. The maximum atomic E-state index is 11.8. The average molecular weight is 464 g/mol. The fourth-order valence-electron chi connectivity index (χ4n) is 2.33. The predicted octanol–water partition coefficient (Wildman–Crippen LogP) is -2.21. The highest BCUT2D eigenvalue weighted by molar-refractivity contribution is 5.97. The molecule has 0 radical (unpaired) electrons. The maximum absolute atomic E-state index is 11.8. The van der Waals surface area contributed by atoms with Crippen LogP contribution in [0.15, 0.2) is 43.1 Å². The van der Waals surface area contributed by atoms with E-state index in [9.17, 15) is 39.0 Å². The second kappa shape index (κ2) is 11.7. The molecule has 2 aromatic rings. The molecule has 0 aromatic carbocycles. The van der Waals surface area contributed by atoms with E-state index in [1.54, 1.807) is 0 Å². The summed E-state index contributed by atoms with van der Waals surface area (Å²) in [6.07, 6.45) is 1.38. The van der Waals surface area contributed by atoms with Crippen molar-refractivity contribution in [1.29, 1.82) is 0 Å². The van der Waals surface area contributed by atoms with Gasteiger partial charge in [0.2, 0.25) is 45.7 Å². The van der Waals surface area contributed by atoms with E-state index in [-0.39, 0.29) is 26.2 Å². The lowest BCUT2D eigenvalue weighted by Gasteiger charge is -2.08. The molecule has 0 fully saturated rings. The first-order valence-corrected chi connectivity index (χ1v) is 9.42. The molecule has 0 atom stereocenters. The van der Waals surface area contributed by atoms with E-state index in [1.807, 2.05) is 0 Å². The third-order valence-electron chi connectivity index (χ3n) is 3.91. The van der Waals surface area contributed by atoms with E-state index in [0.717, 1.165) is 24.7 Å². The largest absolute Gasteiger partial charge is 0.501 e. The summed E-state index contributed by atoms with van der Waals surface area (Å²) in [6.45, 7) is -0.230. The SMILES string of the molecule is O=C(CC(=O)NCCNC(=O)c1occc(=O)c1O)NCCNC(=O)c1occc(=O)c1O. The molecule has 14 nitrogen and oxygen atoms in total. The zero-order valence-electron chi connectivity index (χ0n) is 17.0. The van der Waals surface area contributed by atoms with Gasteiger partial charge in [-0.2, -0.15) is 0 Å². The lowest BCUT2D eigenvalue weighted by atomic mass is 10.3. The molecule has 33 heavy (non-hydrogen) atoms. The summed E-state index contributed by atoms with van der Waals surface area (Å²) in [5, 5.41) is 28.4. The number of rotatable bonds is 10. The summed E-state index contributed by atoms with van der Waals surface area (Å²) in [5.74, 6) is -5.81. The summed E-state index contributed by atoms with van der Waals surface area (Å²) in [5.41, 5.74) is -1.56. The predicted molar refractivity (Wildman–Crippen MR) is 109 cm³/mol. The number of amides is 4. The average Bonchev–Trinajstić information content (AvgIpc) is 2.77. The Morgan fingerprint density at radius 1 is 0.667 bits per heavy atom. The minimum absolute atomic E-state index is 0.0441. The number of nitrogens with one attached hydrogen (secondary N) is 4. The van der Waals surface area contributed by atoms with E-state index in [1.165, 1.54) is 0 Å². The van der Waals surface area contributed by atoms with Crippen LogP contribution in [0.3, 0.4) is 0 Å². The molecule has 0 saturated heterocycles. The molecule has 0 unspecified atom stereocenters. The molecule has 14 heteroatoms. The Bertz CT molecular complexity index is 1060. The fraction of sp³-hybridized carbons (Fsp3) is 0.263. The monoisotopic (exact) mass is 464 g/mol. The normalized spacial score (nSPS) is 10.2. The Morgan fingerprint density at radius 3 is 1.42 bits per heavy atom. The first kappa shape index (κ1) is 24.6. The van der Waals surface area contributed by atoms with Crippen molar-refractivity contribution in [3.8, 4) is 11.5 Å². The van der Waals surface area contributed by atoms with Crippen molar-refractivity contribution in [2.45, 2.75) is 6.42 Å². The van der Waals surface area contributed by atoms with Crippen LogP contribution in [0.1, 0.15) is 27.5 Å². The van der Waals surface area contributed by atoms with Gasteiger partial charge < -0.3 is 40.3 Å². The topological polar surface area (TPSA) is 217 Å². The molecule has 0 spiro atoms. The van der Waals surface area contributed by atoms with Gasteiger partial charge in [-0.15, -0.1) is 0 Å². The van der Waals surface area contributed by atoms with Crippen molar-refractivity contribution in [3.05, 3.63) is 56.6 Å². The molecule has 176 valence electrons. The standard InChI is InChI=1S/C19H20N4O10/c24-10-1-7-32-16(14(10)28)18(30)22-5-3-20-12(26)9-13(27)21-4-6-23-19(31)17-15(29)11(25)2-8-33-17/h1-2,7-8,28-29H,3-6,9H2,(H,20,26)(H,21,27)(H,22,30)(H,23,31). The summed E-state index contributed by atoms with van der Waals surface area (Å²) in [4.78, 5) is 69.6. The Kier molecular flexibility index (Phi) is 8.73. The van der Waals surface area contributed by atoms with E-state index >= 15 is 0 Å². The zero-order chi connectivity index (χ0) is 24.4. The smallest absolute Gasteiger partial charge is 0.291 e. The summed E-state index contributed by atoms with van der Waals surface area (Å²) >= 11 is 0. The van der Waals surface area contributed by atoms with Crippen LogP contribution >= 0.6 is 0 Å². The molecule has 2 aromatic heterocycles. The van der Waals surface area contributed by atoms with E-state index in [2.05, 4.69) is 21.3 Å². The van der Waals surface area contributed by atoms with Crippen LogP contribution in [0.5, 0.6) is 11.5 Å². The van der Waals surface area contributed by atoms with Gasteiger partial charge in [0.1, 0.15) is 6.42 Å². The Balaban J connectivity index is 1.62. The van der Waals surface area contributed by atoms with Crippen LogP contribution in [0.2, 0.25) is 0 Å². The van der Waals surface area contributed by atoms with Gasteiger partial charge in [0.25, 0.3) is 11.8 Å². The lowest BCUT2D eigenvalue weighted by Crippen LogP contribution is -2.39. The highest BCUT2D eigenvalue weighted by atomic mass is 16.4. The number of aromatic hydroxyl groups is 2. The Morgan fingerprint density at radius 2 is 1.03 bits per heavy atom. The van der Waals surface area contributed by atoms with Gasteiger partial charge in [-0.05, 0) is 0 Å². The van der Waals surface area contributed by atoms with Gasteiger partial charge in [-0.1, -0.05) is 0 Å². The first-order valence-electron chi connectivity index (χ1n) is 9.42. The summed E-state index contributed by atoms with van der Waals surface area (Å²) in [7, 11) is 0. The summed E-state index contributed by atoms with van der Waals surface area (Å²) < 4.78 is 9.54. The van der Waals surface area contributed by atoms with Crippen LogP contribution in [0.25, 0.3) is 0 Å². The fourth-order valence-corrected chi connectivity index (χ4v) is 2.33. The van der Waals surface area contributed by atoms with Crippen molar-refractivity contribution in [2.75, 3.05) is 26.2 Å². The van der Waals surface area contributed by atoms with Crippen molar-refractivity contribution >= 4 is 23.6 Å². The van der Waals surface area contributed by atoms with Gasteiger partial charge in [-0.25, -0.2) is 0 Å². The van der Waals surface area contributed by atoms with Gasteiger partial charge in [0.15, 0.2) is 0 Å². The van der Waals surface area contributed by atoms with E-state index in [0.29, 0.717) is 0 Å². The third-order valence-corrected chi connectivity index (χ3v) is 3.91. The second-order valence-electron chi connectivity index (χ2n) is 6.31. The van der Waals surface area contributed by atoms with Crippen LogP contribution in [0.4, 0.5) is 0 Å². The van der Waals surface area contributed by atoms with Crippen molar-refractivity contribution in [2.24, 2.45) is 0 Å². The van der Waals surface area contributed by atoms with Crippen LogP contribution in [0, 0.1) is 0 Å². The second-order valence-corrected chi connectivity index (χ2v) is 6.31. The van der Waals surface area contributed by atoms with Gasteiger partial charge in [-0.3, -0.25) is 28.8 Å². The Labute approximate surface area is 184 Å². The minimum atomic E-state index is -0.859. The van der Waals surface area contributed by atoms with E-state index in [4.69, 9.17) is 8.83 Å². The highest BCUT2D eigenvalue weighted by Crippen LogP contribution is 2.10. The molecule has 6 N–H and O–H groups in total. The molecular weight excluding hydrogens is 444 g/mol. The molecule has 2 rings (SSSR count). The lowest BCUT2D eigenvalue weighted by molar-refractivity contribution is -0.129. The minimum Gasteiger partial charge on any atom is -0.501 e. The van der Waals surface area contributed by atoms with Gasteiger partial charge in [0, 0.05) is 38.3 Å². The summed E-state index contributed by atoms with van der Waals surface area (Å²) in [6, 6.07) is 1.89. The number of carbonyl (C=O) groups is 4. The molecule has 0 aliphatic rings.